The number of hydrogen-bond donors (Lipinski definition) is 10. The highest BCUT2D eigenvalue weighted by atomic mass is 16.4. The summed E-state index contributed by atoms with van der Waals surface area (Å²) in [5, 5.41) is 37.1. The van der Waals surface area contributed by atoms with E-state index in [1.165, 1.54) is 16.7 Å². The Bertz CT molecular complexity index is 2660. The van der Waals surface area contributed by atoms with E-state index in [1.54, 1.807) is 88.4 Å². The second-order valence-corrected chi connectivity index (χ2v) is 21.0. The highest BCUT2D eigenvalue weighted by molar-refractivity contribution is 5.99. The van der Waals surface area contributed by atoms with Crippen LogP contribution in [0.3, 0.4) is 0 Å². The summed E-state index contributed by atoms with van der Waals surface area (Å²) in [4.78, 5) is 151. The van der Waals surface area contributed by atoms with E-state index in [2.05, 4.69) is 37.2 Å². The molecule has 2 heterocycles. The molecule has 23 nitrogen and oxygen atoms in total. The van der Waals surface area contributed by atoms with Crippen molar-refractivity contribution in [3.63, 3.8) is 0 Å². The van der Waals surface area contributed by atoms with Gasteiger partial charge in [-0.25, -0.2) is 0 Å². The Morgan fingerprint density at radius 1 is 0.500 bits per heavy atom. The predicted octanol–water partition coefficient (Wildman–Crippen LogP) is 0.330. The number of carbonyl (C=O) groups excluding carboxylic acids is 9. The van der Waals surface area contributed by atoms with Crippen LogP contribution in [0.2, 0.25) is 0 Å². The van der Waals surface area contributed by atoms with Crippen molar-refractivity contribution in [3.05, 3.63) is 108 Å². The number of amides is 9. The maximum absolute atomic E-state index is 14.8. The topological polar surface area (TPSA) is 345 Å². The Morgan fingerprint density at radius 3 is 1.41 bits per heavy atom. The number of nitrogens with one attached hydrogen (secondary N) is 7. The number of likely N-dealkylation sites (tertiary alicyclic amines) is 2. The molecular formula is C57H76N10O13. The van der Waals surface area contributed by atoms with Gasteiger partial charge in [0.2, 0.25) is 53.2 Å². The van der Waals surface area contributed by atoms with Crippen LogP contribution in [0, 0.1) is 11.8 Å². The van der Waals surface area contributed by atoms with Gasteiger partial charge >= 0.3 is 11.9 Å². The number of hydrogen-bond acceptors (Lipinski definition) is 12. The SMILES string of the molecule is CC(C)[C@H](NC(=O)[C@H](CCC(=O)O)NC(=O)[C@@H]1CCCN1C(=O)[C@H](Cc1ccccc1)NC(=O)[C@@H]1CCCN1C(=O)[C@H](C)NC(=O)[C@@H](NC(=O)[C@@H](N)Cc1ccccc1)C(C)C)C(=O)N[C@@H](Cc1ccccc1)C(=O)NCC(=O)O. The van der Waals surface area contributed by atoms with Crippen molar-refractivity contribution < 1.29 is 63.0 Å². The normalized spacial score (nSPS) is 17.6. The van der Waals surface area contributed by atoms with Crippen LogP contribution in [0.1, 0.15) is 89.8 Å². The maximum atomic E-state index is 14.8. The van der Waals surface area contributed by atoms with Gasteiger partial charge < -0.3 is 63.0 Å². The van der Waals surface area contributed by atoms with Gasteiger partial charge in [0.1, 0.15) is 54.9 Å². The van der Waals surface area contributed by atoms with Crippen LogP contribution in [-0.4, -0.2) is 159 Å². The average molecular weight is 1110 g/mol. The van der Waals surface area contributed by atoms with Crippen LogP contribution in [0.4, 0.5) is 0 Å². The van der Waals surface area contributed by atoms with Gasteiger partial charge in [0.25, 0.3) is 0 Å². The first-order valence-corrected chi connectivity index (χ1v) is 27.1. The number of nitrogens with two attached hydrogens (primary N) is 1. The minimum absolute atomic E-state index is 0.0174. The fourth-order valence-electron chi connectivity index (χ4n) is 9.69. The fraction of sp³-hybridized carbons (Fsp3) is 0.491. The summed E-state index contributed by atoms with van der Waals surface area (Å²) >= 11 is 0. The highest BCUT2D eigenvalue weighted by Gasteiger charge is 2.43. The van der Waals surface area contributed by atoms with Crippen molar-refractivity contribution in [1.82, 2.24) is 47.0 Å². The molecular weight excluding hydrogens is 1030 g/mol. The molecule has 9 atom stereocenters. The number of aliphatic carboxylic acids is 2. The fourth-order valence-corrected chi connectivity index (χ4v) is 9.69. The van der Waals surface area contributed by atoms with Crippen LogP contribution in [-0.2, 0) is 72.0 Å². The minimum Gasteiger partial charge on any atom is -0.481 e. The van der Waals surface area contributed by atoms with Crippen LogP contribution in [0.15, 0.2) is 91.0 Å². The van der Waals surface area contributed by atoms with E-state index in [0.29, 0.717) is 24.0 Å². The largest absolute Gasteiger partial charge is 0.481 e. The molecule has 2 fully saturated rings. The molecule has 2 aliphatic heterocycles. The predicted molar refractivity (Wildman–Crippen MR) is 292 cm³/mol. The summed E-state index contributed by atoms with van der Waals surface area (Å²) < 4.78 is 0. The smallest absolute Gasteiger partial charge is 0.322 e. The average Bonchev–Trinajstić information content (AvgIpc) is 4.17. The molecule has 0 saturated carbocycles. The highest BCUT2D eigenvalue weighted by Crippen LogP contribution is 2.23. The summed E-state index contributed by atoms with van der Waals surface area (Å²) in [5.41, 5.74) is 8.34. The minimum atomic E-state index is -1.53. The molecule has 23 heteroatoms. The van der Waals surface area contributed by atoms with Crippen LogP contribution < -0.4 is 43.0 Å². The first kappa shape index (κ1) is 62.6. The number of carboxylic acid groups (broad SMARTS) is 2. The second-order valence-electron chi connectivity index (χ2n) is 21.0. The third-order valence-electron chi connectivity index (χ3n) is 14.0. The molecule has 3 aromatic rings. The van der Waals surface area contributed by atoms with Crippen molar-refractivity contribution in [3.8, 4) is 0 Å². The first-order chi connectivity index (χ1) is 38.0. The molecule has 2 saturated heterocycles. The quantitative estimate of drug-likeness (QED) is 0.0469. The first-order valence-electron chi connectivity index (χ1n) is 27.1. The molecule has 5 rings (SSSR count). The zero-order valence-corrected chi connectivity index (χ0v) is 45.9. The van der Waals surface area contributed by atoms with E-state index >= 15 is 0 Å². The number of nitrogens with zero attached hydrogens (tertiary/aromatic N) is 2. The Hall–Kier alpha value is -8.21. The molecule has 0 spiro atoms. The van der Waals surface area contributed by atoms with Crippen molar-refractivity contribution in [2.24, 2.45) is 17.6 Å². The van der Waals surface area contributed by atoms with Crippen molar-refractivity contribution >= 4 is 65.1 Å². The van der Waals surface area contributed by atoms with Gasteiger partial charge in [0, 0.05) is 32.4 Å². The van der Waals surface area contributed by atoms with E-state index in [1.807, 2.05) is 30.3 Å². The van der Waals surface area contributed by atoms with Gasteiger partial charge in [0.15, 0.2) is 0 Å². The molecule has 11 N–H and O–H groups in total. The standard InChI is InChI=1S/C57H76N10O13/c1-33(2)47(64-49(72)39(58)29-36-17-9-6-10-18-36)54(77)60-35(5)56(79)66-27-15-23-43(66)53(76)63-42(31-38-21-13-8-14-22-38)57(80)67-28-16-24-44(67)52(75)61-40(25-26-45(68)69)51(74)65-48(34(3)4)55(78)62-41(50(73)59-32-46(70)71)30-37-19-11-7-12-20-37/h6-14,17-22,33-35,39-44,47-48H,15-16,23-32,58H2,1-5H3,(H,59,73)(H,60,77)(H,61,75)(H,62,78)(H,63,76)(H,64,72)(H,65,74)(H,68,69)(H,70,71)/t35-,39-,40-,41-,42-,43-,44-,47-,48-/m0/s1. The lowest BCUT2D eigenvalue weighted by Crippen LogP contribution is -2.61. The van der Waals surface area contributed by atoms with Gasteiger partial charge in [-0.3, -0.25) is 52.7 Å². The van der Waals surface area contributed by atoms with Crippen molar-refractivity contribution in [1.29, 1.82) is 0 Å². The number of benzene rings is 3. The summed E-state index contributed by atoms with van der Waals surface area (Å²) in [6.07, 6.45) is 0.340. The van der Waals surface area contributed by atoms with E-state index in [9.17, 15) is 63.0 Å². The molecule has 9 amide bonds. The molecule has 80 heavy (non-hydrogen) atoms. The van der Waals surface area contributed by atoms with Crippen molar-refractivity contribution in [2.45, 2.75) is 147 Å². The molecule has 0 aliphatic carbocycles. The van der Waals surface area contributed by atoms with Gasteiger partial charge in [-0.2, -0.15) is 0 Å². The Labute approximate surface area is 465 Å². The number of rotatable bonds is 28. The molecule has 2 aliphatic rings. The summed E-state index contributed by atoms with van der Waals surface area (Å²) in [5.74, 6) is -9.96. The lowest BCUT2D eigenvalue weighted by atomic mass is 10.00. The van der Waals surface area contributed by atoms with Gasteiger partial charge in [-0.15, -0.1) is 0 Å². The third kappa shape index (κ3) is 18.5. The summed E-state index contributed by atoms with van der Waals surface area (Å²) in [6.45, 7) is 7.70. The lowest BCUT2D eigenvalue weighted by molar-refractivity contribution is -0.144. The zero-order valence-electron chi connectivity index (χ0n) is 45.9. The summed E-state index contributed by atoms with van der Waals surface area (Å²) in [6, 6.07) is 15.9. The van der Waals surface area contributed by atoms with Crippen LogP contribution in [0.25, 0.3) is 0 Å². The van der Waals surface area contributed by atoms with E-state index in [4.69, 9.17) is 5.73 Å². The second kappa shape index (κ2) is 30.2. The number of carbonyl (C=O) groups is 11. The molecule has 0 bridgehead atoms. The van der Waals surface area contributed by atoms with Crippen LogP contribution >= 0.6 is 0 Å². The molecule has 3 aromatic carbocycles. The zero-order chi connectivity index (χ0) is 58.6. The van der Waals surface area contributed by atoms with Crippen LogP contribution in [0.5, 0.6) is 0 Å². The monoisotopic (exact) mass is 1110 g/mol. The van der Waals surface area contributed by atoms with E-state index in [0.717, 1.165) is 5.56 Å². The van der Waals surface area contributed by atoms with Gasteiger partial charge in [0.05, 0.1) is 6.04 Å². The molecule has 0 radical (unpaired) electrons. The Morgan fingerprint density at radius 2 is 0.938 bits per heavy atom. The lowest BCUT2D eigenvalue weighted by Gasteiger charge is -2.32. The van der Waals surface area contributed by atoms with Gasteiger partial charge in [-0.05, 0) is 74.0 Å². The number of carboxylic acids is 2. The van der Waals surface area contributed by atoms with E-state index in [-0.39, 0.29) is 51.1 Å². The summed E-state index contributed by atoms with van der Waals surface area (Å²) in [7, 11) is 0. The Balaban J connectivity index is 1.28. The molecule has 432 valence electrons. The maximum Gasteiger partial charge on any atom is 0.322 e. The van der Waals surface area contributed by atoms with Crippen molar-refractivity contribution in [2.75, 3.05) is 19.6 Å². The Kier molecular flexibility index (Phi) is 23.7. The van der Waals surface area contributed by atoms with E-state index < -0.39 is 145 Å². The third-order valence-corrected chi connectivity index (χ3v) is 14.0. The molecule has 0 aromatic heterocycles. The van der Waals surface area contributed by atoms with Gasteiger partial charge in [-0.1, -0.05) is 119 Å². The molecule has 0 unspecified atom stereocenters.